The molecule has 1 aliphatic rings. The largest absolute Gasteiger partial charge is 0.457 e. The van der Waals surface area contributed by atoms with E-state index in [4.69, 9.17) is 14.7 Å². The summed E-state index contributed by atoms with van der Waals surface area (Å²) in [7, 11) is 0. The Labute approximate surface area is 159 Å². The van der Waals surface area contributed by atoms with Crippen LogP contribution in [0.2, 0.25) is 0 Å². The number of ether oxygens (including phenoxy) is 2. The van der Waals surface area contributed by atoms with Crippen LogP contribution in [0.15, 0.2) is 78.9 Å². The first-order valence-corrected chi connectivity index (χ1v) is 8.99. The first-order valence-electron chi connectivity index (χ1n) is 8.99. The van der Waals surface area contributed by atoms with Gasteiger partial charge in [0.25, 0.3) is 0 Å². The van der Waals surface area contributed by atoms with Gasteiger partial charge in [-0.3, -0.25) is 0 Å². The molecule has 0 spiro atoms. The fourth-order valence-electron chi connectivity index (χ4n) is 3.09. The molecule has 0 N–H and O–H groups in total. The van der Waals surface area contributed by atoms with Crippen molar-refractivity contribution in [1.29, 1.82) is 5.26 Å². The minimum absolute atomic E-state index is 0.119. The Hall–Kier alpha value is -3.29. The van der Waals surface area contributed by atoms with E-state index in [-0.39, 0.29) is 6.10 Å². The van der Waals surface area contributed by atoms with Crippen molar-refractivity contribution >= 4 is 0 Å². The number of rotatable bonds is 6. The third-order valence-electron chi connectivity index (χ3n) is 4.61. The van der Waals surface area contributed by atoms with Crippen LogP contribution in [-0.4, -0.2) is 24.1 Å². The van der Waals surface area contributed by atoms with Crippen LogP contribution in [0.5, 0.6) is 11.5 Å². The van der Waals surface area contributed by atoms with Crippen molar-refractivity contribution in [3.05, 3.63) is 84.4 Å². The molecule has 1 fully saturated rings. The van der Waals surface area contributed by atoms with Gasteiger partial charge in [0.05, 0.1) is 25.8 Å². The van der Waals surface area contributed by atoms with Crippen LogP contribution in [0.1, 0.15) is 5.56 Å². The van der Waals surface area contributed by atoms with Crippen molar-refractivity contribution in [2.75, 3.05) is 13.1 Å². The van der Waals surface area contributed by atoms with Crippen LogP contribution in [0.25, 0.3) is 11.1 Å². The summed E-state index contributed by atoms with van der Waals surface area (Å²) in [6.45, 7) is 1.86. The SMILES string of the molecule is N#CN1CC(OCc2ccc(Oc3ccccc3)cc2-c2ccccc2)C1. The zero-order chi connectivity index (χ0) is 18.5. The van der Waals surface area contributed by atoms with Crippen LogP contribution >= 0.6 is 0 Å². The predicted octanol–water partition coefficient (Wildman–Crippen LogP) is 4.83. The van der Waals surface area contributed by atoms with Crippen molar-refractivity contribution in [2.24, 2.45) is 0 Å². The molecule has 0 amide bonds. The predicted molar refractivity (Wildman–Crippen MR) is 104 cm³/mol. The summed E-state index contributed by atoms with van der Waals surface area (Å²) >= 11 is 0. The maximum atomic E-state index is 8.84. The van der Waals surface area contributed by atoms with E-state index in [2.05, 4.69) is 30.5 Å². The molecule has 0 saturated carbocycles. The summed E-state index contributed by atoms with van der Waals surface area (Å²) in [5.74, 6) is 1.61. The Bertz CT molecular complexity index is 930. The van der Waals surface area contributed by atoms with Gasteiger partial charge in [-0.1, -0.05) is 54.6 Å². The maximum Gasteiger partial charge on any atom is 0.179 e. The van der Waals surface area contributed by atoms with Crippen LogP contribution < -0.4 is 4.74 Å². The topological polar surface area (TPSA) is 45.5 Å². The normalized spacial score (nSPS) is 13.7. The van der Waals surface area contributed by atoms with Crippen molar-refractivity contribution in [3.63, 3.8) is 0 Å². The number of benzene rings is 3. The van der Waals surface area contributed by atoms with Gasteiger partial charge in [-0.25, -0.2) is 0 Å². The lowest BCUT2D eigenvalue weighted by Crippen LogP contribution is -2.49. The van der Waals surface area contributed by atoms with Crippen molar-refractivity contribution in [1.82, 2.24) is 4.90 Å². The number of para-hydroxylation sites is 1. The Morgan fingerprint density at radius 1 is 0.889 bits per heavy atom. The molecule has 4 heteroatoms. The van der Waals surface area contributed by atoms with Gasteiger partial charge < -0.3 is 14.4 Å². The zero-order valence-electron chi connectivity index (χ0n) is 14.9. The summed E-state index contributed by atoms with van der Waals surface area (Å²) in [4.78, 5) is 1.69. The van der Waals surface area contributed by atoms with Gasteiger partial charge in [0.15, 0.2) is 6.19 Å². The van der Waals surface area contributed by atoms with E-state index in [1.165, 1.54) is 0 Å². The lowest BCUT2D eigenvalue weighted by molar-refractivity contribution is -0.0399. The average Bonchev–Trinajstić information content (AvgIpc) is 2.69. The number of nitrogens with zero attached hydrogens (tertiary/aromatic N) is 2. The second kappa shape index (κ2) is 7.94. The molecule has 134 valence electrons. The van der Waals surface area contributed by atoms with Gasteiger partial charge in [0.2, 0.25) is 0 Å². The van der Waals surface area contributed by atoms with Crippen LogP contribution in [0, 0.1) is 11.5 Å². The highest BCUT2D eigenvalue weighted by atomic mass is 16.5. The molecule has 4 nitrogen and oxygen atoms in total. The molecule has 3 aromatic rings. The first kappa shape index (κ1) is 17.1. The second-order valence-corrected chi connectivity index (χ2v) is 6.54. The van der Waals surface area contributed by atoms with E-state index in [0.717, 1.165) is 28.2 Å². The molecule has 0 aliphatic carbocycles. The second-order valence-electron chi connectivity index (χ2n) is 6.54. The molecule has 0 unspecified atom stereocenters. The lowest BCUT2D eigenvalue weighted by Gasteiger charge is -2.34. The molecule has 27 heavy (non-hydrogen) atoms. The zero-order valence-corrected chi connectivity index (χ0v) is 14.9. The van der Waals surface area contributed by atoms with Gasteiger partial charge in [-0.05, 0) is 41.0 Å². The summed E-state index contributed by atoms with van der Waals surface area (Å²) in [5.41, 5.74) is 3.33. The molecule has 0 radical (unpaired) electrons. The lowest BCUT2D eigenvalue weighted by atomic mass is 9.99. The molecule has 1 saturated heterocycles. The van der Waals surface area contributed by atoms with E-state index in [0.29, 0.717) is 19.7 Å². The Balaban J connectivity index is 1.55. The standard InChI is InChI=1S/C23H20N2O2/c24-17-25-14-22(15-25)26-16-19-11-12-21(27-20-9-5-2-6-10-20)13-23(19)18-7-3-1-4-8-18/h1-13,22H,14-16H2. The quantitative estimate of drug-likeness (QED) is 0.594. The molecular formula is C23H20N2O2. The summed E-state index contributed by atoms with van der Waals surface area (Å²) in [6, 6.07) is 26.1. The molecule has 1 heterocycles. The van der Waals surface area contributed by atoms with Crippen LogP contribution in [0.4, 0.5) is 0 Å². The highest BCUT2D eigenvalue weighted by molar-refractivity contribution is 5.69. The van der Waals surface area contributed by atoms with Gasteiger partial charge >= 0.3 is 0 Å². The van der Waals surface area contributed by atoms with E-state index in [1.807, 2.05) is 54.6 Å². The van der Waals surface area contributed by atoms with Gasteiger partial charge in [0, 0.05) is 0 Å². The van der Waals surface area contributed by atoms with E-state index < -0.39 is 0 Å². The molecule has 3 aromatic carbocycles. The molecule has 1 aliphatic heterocycles. The Morgan fingerprint density at radius 3 is 2.30 bits per heavy atom. The smallest absolute Gasteiger partial charge is 0.179 e. The van der Waals surface area contributed by atoms with Crippen LogP contribution in [0.3, 0.4) is 0 Å². The fraction of sp³-hybridized carbons (Fsp3) is 0.174. The molecule has 0 atom stereocenters. The summed E-state index contributed by atoms with van der Waals surface area (Å²) in [5, 5.41) is 8.84. The first-order chi connectivity index (χ1) is 13.3. The minimum Gasteiger partial charge on any atom is -0.457 e. The average molecular weight is 356 g/mol. The Kier molecular flexibility index (Phi) is 5.04. The number of hydrogen-bond acceptors (Lipinski definition) is 4. The van der Waals surface area contributed by atoms with Gasteiger partial charge in [-0.2, -0.15) is 5.26 Å². The summed E-state index contributed by atoms with van der Waals surface area (Å²) in [6.07, 6.45) is 2.25. The van der Waals surface area contributed by atoms with E-state index in [1.54, 1.807) is 4.90 Å². The minimum atomic E-state index is 0.119. The highest BCUT2D eigenvalue weighted by Gasteiger charge is 2.26. The van der Waals surface area contributed by atoms with Crippen molar-refractivity contribution in [3.8, 4) is 28.8 Å². The summed E-state index contributed by atoms with van der Waals surface area (Å²) < 4.78 is 12.0. The van der Waals surface area contributed by atoms with Gasteiger partial charge in [-0.15, -0.1) is 0 Å². The van der Waals surface area contributed by atoms with Gasteiger partial charge in [0.1, 0.15) is 11.5 Å². The molecule has 4 rings (SSSR count). The number of nitriles is 1. The highest BCUT2D eigenvalue weighted by Crippen LogP contribution is 2.31. The Morgan fingerprint density at radius 2 is 1.59 bits per heavy atom. The van der Waals surface area contributed by atoms with Crippen LogP contribution in [-0.2, 0) is 11.3 Å². The van der Waals surface area contributed by atoms with Crippen molar-refractivity contribution < 1.29 is 9.47 Å². The monoisotopic (exact) mass is 356 g/mol. The molecule has 0 aromatic heterocycles. The fourth-order valence-corrected chi connectivity index (χ4v) is 3.09. The number of likely N-dealkylation sites (tertiary alicyclic amines) is 1. The molecule has 0 bridgehead atoms. The third-order valence-corrected chi connectivity index (χ3v) is 4.61. The van der Waals surface area contributed by atoms with E-state index >= 15 is 0 Å². The third kappa shape index (κ3) is 4.11. The number of hydrogen-bond donors (Lipinski definition) is 0. The van der Waals surface area contributed by atoms with E-state index in [9.17, 15) is 0 Å². The maximum absolute atomic E-state index is 8.84. The molecular weight excluding hydrogens is 336 g/mol. The van der Waals surface area contributed by atoms with Crippen molar-refractivity contribution in [2.45, 2.75) is 12.7 Å².